The van der Waals surface area contributed by atoms with Crippen molar-refractivity contribution >= 4 is 34.8 Å². The maximum Gasteiger partial charge on any atom is 0.182 e. The van der Waals surface area contributed by atoms with Crippen molar-refractivity contribution in [2.75, 3.05) is 0 Å². The van der Waals surface area contributed by atoms with Gasteiger partial charge in [-0.1, -0.05) is 12.1 Å². The van der Waals surface area contributed by atoms with Crippen molar-refractivity contribution in [3.05, 3.63) is 44.5 Å². The van der Waals surface area contributed by atoms with Gasteiger partial charge in [-0.25, -0.2) is 0 Å². The van der Waals surface area contributed by atoms with Gasteiger partial charge in [-0.05, 0) is 53.9 Å². The van der Waals surface area contributed by atoms with E-state index in [1.165, 1.54) is 3.57 Å². The Kier molecular flexibility index (Phi) is 2.73. The van der Waals surface area contributed by atoms with Crippen LogP contribution in [0.25, 0.3) is 5.69 Å². The summed E-state index contributed by atoms with van der Waals surface area (Å²) in [6.07, 6.45) is 1.92. The van der Waals surface area contributed by atoms with Crippen LogP contribution in [0.4, 0.5) is 0 Å². The summed E-state index contributed by atoms with van der Waals surface area (Å²) in [7, 11) is 0. The zero-order chi connectivity index (χ0) is 10.1. The monoisotopic (exact) mass is 316 g/mol. The molecule has 1 aromatic heterocycles. The molecule has 0 saturated heterocycles. The number of nitrogens with one attached hydrogen (secondary N) is 1. The summed E-state index contributed by atoms with van der Waals surface area (Å²) in [6, 6.07) is 8.19. The van der Waals surface area contributed by atoms with Crippen LogP contribution in [-0.2, 0) is 0 Å². The quantitative estimate of drug-likeness (QED) is 0.631. The van der Waals surface area contributed by atoms with Crippen molar-refractivity contribution in [2.24, 2.45) is 0 Å². The highest BCUT2D eigenvalue weighted by molar-refractivity contribution is 14.1. The highest BCUT2D eigenvalue weighted by Gasteiger charge is 2.04. The van der Waals surface area contributed by atoms with Gasteiger partial charge in [0.1, 0.15) is 0 Å². The Bertz CT molecular complexity index is 513. The minimum Gasteiger partial charge on any atom is -0.337 e. The average molecular weight is 316 g/mol. The third-order valence-corrected chi connectivity index (χ3v) is 3.27. The summed E-state index contributed by atoms with van der Waals surface area (Å²) in [5.74, 6) is 0. The minimum atomic E-state index is 0.742. The molecule has 72 valence electrons. The molecule has 0 amide bonds. The summed E-state index contributed by atoms with van der Waals surface area (Å²) >= 11 is 7.53. The second kappa shape index (κ2) is 3.86. The molecule has 0 aliphatic carbocycles. The van der Waals surface area contributed by atoms with Gasteiger partial charge in [0.25, 0.3) is 0 Å². The van der Waals surface area contributed by atoms with Crippen molar-refractivity contribution < 1.29 is 0 Å². The summed E-state index contributed by atoms with van der Waals surface area (Å²) in [5, 5.41) is 0. The zero-order valence-corrected chi connectivity index (χ0v) is 10.6. The minimum absolute atomic E-state index is 0.742. The fraction of sp³-hybridized carbons (Fsp3) is 0.100. The molecular weight excluding hydrogens is 307 g/mol. The Morgan fingerprint density at radius 1 is 1.36 bits per heavy atom. The highest BCUT2D eigenvalue weighted by Crippen LogP contribution is 2.18. The van der Waals surface area contributed by atoms with E-state index in [1.54, 1.807) is 0 Å². The predicted octanol–water partition coefficient (Wildman–Crippen LogP) is 3.45. The number of benzene rings is 1. The number of hydrogen-bond donors (Lipinski definition) is 1. The molecule has 2 rings (SSSR count). The Morgan fingerprint density at radius 3 is 2.64 bits per heavy atom. The van der Waals surface area contributed by atoms with Crippen molar-refractivity contribution in [2.45, 2.75) is 6.92 Å². The van der Waals surface area contributed by atoms with Gasteiger partial charge >= 0.3 is 0 Å². The van der Waals surface area contributed by atoms with Gasteiger partial charge in [0.05, 0.1) is 5.69 Å². The first-order chi connectivity index (χ1) is 6.70. The predicted molar refractivity (Wildman–Crippen MR) is 68.4 cm³/mol. The molecule has 2 aromatic rings. The van der Waals surface area contributed by atoms with E-state index in [4.69, 9.17) is 12.2 Å². The number of aromatic nitrogens is 2. The molecule has 1 heterocycles. The fourth-order valence-electron chi connectivity index (χ4n) is 1.39. The van der Waals surface area contributed by atoms with E-state index in [0.717, 1.165) is 16.2 Å². The SMILES string of the molecule is Cc1c[nH]c(=S)n1-c1ccccc1I. The molecule has 0 radical (unpaired) electrons. The van der Waals surface area contributed by atoms with E-state index in [0.29, 0.717) is 0 Å². The van der Waals surface area contributed by atoms with Gasteiger partial charge in [-0.3, -0.25) is 4.57 Å². The maximum absolute atomic E-state index is 5.22. The van der Waals surface area contributed by atoms with Crippen LogP contribution in [0.15, 0.2) is 30.5 Å². The van der Waals surface area contributed by atoms with Crippen molar-refractivity contribution in [1.82, 2.24) is 9.55 Å². The average Bonchev–Trinajstić information content (AvgIpc) is 2.48. The molecule has 0 atom stereocenters. The molecule has 0 aliphatic rings. The summed E-state index contributed by atoms with van der Waals surface area (Å²) in [5.41, 5.74) is 2.26. The van der Waals surface area contributed by atoms with Crippen LogP contribution >= 0.6 is 34.8 Å². The topological polar surface area (TPSA) is 20.7 Å². The molecule has 4 heteroatoms. The summed E-state index contributed by atoms with van der Waals surface area (Å²) < 4.78 is 3.98. The molecule has 1 aromatic carbocycles. The first-order valence-corrected chi connectivity index (χ1v) is 5.71. The lowest BCUT2D eigenvalue weighted by Crippen LogP contribution is -1.98. The first-order valence-electron chi connectivity index (χ1n) is 4.22. The molecular formula is C10H9IN2S. The molecule has 0 unspecified atom stereocenters. The van der Waals surface area contributed by atoms with Gasteiger partial charge in [0.15, 0.2) is 4.77 Å². The Hall–Kier alpha value is -0.620. The second-order valence-corrected chi connectivity index (χ2v) is 4.57. The molecule has 0 saturated carbocycles. The number of hydrogen-bond acceptors (Lipinski definition) is 1. The van der Waals surface area contributed by atoms with Gasteiger partial charge in [0, 0.05) is 15.5 Å². The van der Waals surface area contributed by atoms with Gasteiger partial charge in [-0.15, -0.1) is 0 Å². The Balaban J connectivity index is 2.72. The lowest BCUT2D eigenvalue weighted by atomic mass is 10.3. The highest BCUT2D eigenvalue weighted by atomic mass is 127. The van der Waals surface area contributed by atoms with E-state index in [-0.39, 0.29) is 0 Å². The van der Waals surface area contributed by atoms with Crippen LogP contribution in [0.5, 0.6) is 0 Å². The molecule has 0 bridgehead atoms. The number of nitrogens with zero attached hydrogens (tertiary/aromatic N) is 1. The molecule has 1 N–H and O–H groups in total. The van der Waals surface area contributed by atoms with Crippen LogP contribution in [0.2, 0.25) is 0 Å². The van der Waals surface area contributed by atoms with Crippen molar-refractivity contribution in [3.8, 4) is 5.69 Å². The number of H-pyrrole nitrogens is 1. The van der Waals surface area contributed by atoms with Crippen LogP contribution < -0.4 is 0 Å². The number of rotatable bonds is 1. The van der Waals surface area contributed by atoms with E-state index in [1.807, 2.05) is 29.8 Å². The van der Waals surface area contributed by atoms with Gasteiger partial charge in [-0.2, -0.15) is 0 Å². The lowest BCUT2D eigenvalue weighted by molar-refractivity contribution is 0.978. The van der Waals surface area contributed by atoms with Crippen LogP contribution in [0, 0.1) is 15.3 Å². The number of aryl methyl sites for hydroxylation is 1. The van der Waals surface area contributed by atoms with E-state index in [9.17, 15) is 0 Å². The largest absolute Gasteiger partial charge is 0.337 e. The van der Waals surface area contributed by atoms with E-state index in [2.05, 4.69) is 39.7 Å². The van der Waals surface area contributed by atoms with Crippen LogP contribution in [0.3, 0.4) is 0 Å². The smallest absolute Gasteiger partial charge is 0.182 e. The third-order valence-electron chi connectivity index (χ3n) is 2.05. The van der Waals surface area contributed by atoms with Crippen molar-refractivity contribution in [3.63, 3.8) is 0 Å². The van der Waals surface area contributed by atoms with Crippen LogP contribution in [-0.4, -0.2) is 9.55 Å². The second-order valence-electron chi connectivity index (χ2n) is 3.02. The third kappa shape index (κ3) is 1.64. The number of aromatic amines is 1. The zero-order valence-electron chi connectivity index (χ0n) is 7.62. The Morgan fingerprint density at radius 2 is 2.07 bits per heavy atom. The standard InChI is InChI=1S/C10H9IN2S/c1-7-6-12-10(14)13(7)9-5-3-2-4-8(9)11/h2-6H,1H3,(H,12,14). The molecule has 0 fully saturated rings. The van der Waals surface area contributed by atoms with Crippen LogP contribution in [0.1, 0.15) is 5.69 Å². The van der Waals surface area contributed by atoms with Gasteiger partial charge in [0.2, 0.25) is 0 Å². The van der Waals surface area contributed by atoms with Crippen molar-refractivity contribution in [1.29, 1.82) is 0 Å². The maximum atomic E-state index is 5.22. The summed E-state index contributed by atoms with van der Waals surface area (Å²) in [4.78, 5) is 3.04. The van der Waals surface area contributed by atoms with Gasteiger partial charge < -0.3 is 4.98 Å². The van der Waals surface area contributed by atoms with E-state index >= 15 is 0 Å². The Labute approximate surface area is 101 Å². The number of imidazole rings is 1. The van der Waals surface area contributed by atoms with E-state index < -0.39 is 0 Å². The summed E-state index contributed by atoms with van der Waals surface area (Å²) in [6.45, 7) is 2.04. The first kappa shape index (κ1) is 9.92. The number of para-hydroxylation sites is 1. The molecule has 2 nitrogen and oxygen atoms in total. The molecule has 0 spiro atoms. The lowest BCUT2D eigenvalue weighted by Gasteiger charge is -2.06. The normalized spacial score (nSPS) is 10.4. The molecule has 0 aliphatic heterocycles. The fourth-order valence-corrected chi connectivity index (χ4v) is 2.32. The molecule has 14 heavy (non-hydrogen) atoms. The number of halogens is 1.